The molecule has 0 saturated heterocycles. The molecule has 1 N–H and O–H groups in total. The molecule has 0 aliphatic heterocycles. The molecule has 1 saturated carbocycles. The van der Waals surface area contributed by atoms with E-state index in [1.165, 1.54) is 25.7 Å². The van der Waals surface area contributed by atoms with E-state index in [-0.39, 0.29) is 0 Å². The molecule has 0 unspecified atom stereocenters. The first-order valence-electron chi connectivity index (χ1n) is 6.80. The van der Waals surface area contributed by atoms with E-state index in [9.17, 15) is 0 Å². The molecule has 0 atom stereocenters. The van der Waals surface area contributed by atoms with Gasteiger partial charge in [0, 0.05) is 6.54 Å². The summed E-state index contributed by atoms with van der Waals surface area (Å²) in [6.07, 6.45) is 5.10. The first kappa shape index (κ1) is 12.4. The minimum Gasteiger partial charge on any atom is -0.331 e. The predicted molar refractivity (Wildman–Crippen MR) is 78.4 cm³/mol. The molecule has 1 aromatic heterocycles. The van der Waals surface area contributed by atoms with E-state index in [1.54, 1.807) is 0 Å². The van der Waals surface area contributed by atoms with Crippen molar-refractivity contribution in [2.45, 2.75) is 39.2 Å². The zero-order chi connectivity index (χ0) is 13.5. The quantitative estimate of drug-likeness (QED) is 0.852. The van der Waals surface area contributed by atoms with Gasteiger partial charge in [-0.2, -0.15) is 5.26 Å². The van der Waals surface area contributed by atoms with E-state index < -0.39 is 0 Å². The summed E-state index contributed by atoms with van der Waals surface area (Å²) in [6.45, 7) is 3.23. The predicted octanol–water partition coefficient (Wildman–Crippen LogP) is 4.15. The lowest BCUT2D eigenvalue weighted by Gasteiger charge is -2.41. The summed E-state index contributed by atoms with van der Waals surface area (Å²) < 4.78 is 2.94. The van der Waals surface area contributed by atoms with Crippen LogP contribution in [0.25, 0.3) is 11.0 Å². The third-order valence-corrected chi connectivity index (χ3v) is 4.88. The lowest BCUT2D eigenvalue weighted by Crippen LogP contribution is -2.33. The maximum absolute atomic E-state index is 9.04. The molecular formula is C15H17N3S. The number of fused-ring (bicyclic) bond motifs is 1. The second-order valence-corrected chi connectivity index (χ2v) is 5.95. The van der Waals surface area contributed by atoms with E-state index in [0.717, 1.165) is 22.3 Å². The fourth-order valence-electron chi connectivity index (χ4n) is 3.01. The third kappa shape index (κ3) is 1.98. The van der Waals surface area contributed by atoms with E-state index in [0.29, 0.717) is 11.0 Å². The number of imidazole rings is 1. The van der Waals surface area contributed by atoms with Crippen LogP contribution in [0.1, 0.15) is 38.2 Å². The van der Waals surface area contributed by atoms with Gasteiger partial charge in [0.05, 0.1) is 22.7 Å². The fourth-order valence-corrected chi connectivity index (χ4v) is 3.29. The number of hydrogen-bond acceptors (Lipinski definition) is 2. The van der Waals surface area contributed by atoms with Crippen LogP contribution < -0.4 is 0 Å². The zero-order valence-electron chi connectivity index (χ0n) is 11.1. The molecule has 0 amide bonds. The molecule has 0 spiro atoms. The van der Waals surface area contributed by atoms with Crippen molar-refractivity contribution >= 4 is 23.3 Å². The minimum absolute atomic E-state index is 0.413. The molecule has 3 rings (SSSR count). The molecule has 0 radical (unpaired) electrons. The monoisotopic (exact) mass is 271 g/mol. The lowest BCUT2D eigenvalue weighted by molar-refractivity contribution is 0.101. The molecule has 2 aromatic rings. The molecule has 1 aromatic carbocycles. The Hall–Kier alpha value is -1.60. The molecular weight excluding hydrogens is 254 g/mol. The SMILES string of the molecule is CCC1(Cn2c(=S)[nH]c3ccc(C#N)cc32)CCC1. The highest BCUT2D eigenvalue weighted by Gasteiger charge is 2.35. The zero-order valence-corrected chi connectivity index (χ0v) is 11.9. The smallest absolute Gasteiger partial charge is 0.178 e. The van der Waals surface area contributed by atoms with Crippen molar-refractivity contribution in [2.24, 2.45) is 5.41 Å². The van der Waals surface area contributed by atoms with Crippen molar-refractivity contribution < 1.29 is 0 Å². The number of benzene rings is 1. The molecule has 1 fully saturated rings. The van der Waals surface area contributed by atoms with Gasteiger partial charge in [-0.3, -0.25) is 0 Å². The van der Waals surface area contributed by atoms with Crippen LogP contribution in [0.3, 0.4) is 0 Å². The van der Waals surface area contributed by atoms with Crippen molar-refractivity contribution in [3.63, 3.8) is 0 Å². The third-order valence-electron chi connectivity index (χ3n) is 4.56. The van der Waals surface area contributed by atoms with Gasteiger partial charge in [0.25, 0.3) is 0 Å². The van der Waals surface area contributed by atoms with Crippen LogP contribution in [-0.4, -0.2) is 9.55 Å². The van der Waals surface area contributed by atoms with Crippen LogP contribution in [0.15, 0.2) is 18.2 Å². The van der Waals surface area contributed by atoms with Gasteiger partial charge in [0.2, 0.25) is 0 Å². The molecule has 3 nitrogen and oxygen atoms in total. The standard InChI is InChI=1S/C15H17N3S/c1-2-15(6-3-7-15)10-18-13-8-11(9-16)4-5-12(13)17-14(18)19/h4-5,8H,2-3,6-7,10H2,1H3,(H,17,19). The van der Waals surface area contributed by atoms with Gasteiger partial charge >= 0.3 is 0 Å². The number of rotatable bonds is 3. The molecule has 98 valence electrons. The molecule has 4 heteroatoms. The Morgan fingerprint density at radius 2 is 2.26 bits per heavy atom. The van der Waals surface area contributed by atoms with Crippen LogP contribution in [0.5, 0.6) is 0 Å². The van der Waals surface area contributed by atoms with Crippen molar-refractivity contribution in [3.05, 3.63) is 28.5 Å². The average Bonchev–Trinajstić information content (AvgIpc) is 2.69. The number of H-pyrrole nitrogens is 1. The van der Waals surface area contributed by atoms with Gasteiger partial charge in [-0.1, -0.05) is 13.3 Å². The fraction of sp³-hybridized carbons (Fsp3) is 0.467. The van der Waals surface area contributed by atoms with E-state index in [1.807, 2.05) is 18.2 Å². The maximum atomic E-state index is 9.04. The molecule has 19 heavy (non-hydrogen) atoms. The first-order valence-corrected chi connectivity index (χ1v) is 7.21. The van der Waals surface area contributed by atoms with E-state index in [2.05, 4.69) is 22.5 Å². The molecule has 0 bridgehead atoms. The van der Waals surface area contributed by atoms with E-state index >= 15 is 0 Å². The normalized spacial score (nSPS) is 17.1. The summed E-state index contributed by atoms with van der Waals surface area (Å²) in [5.74, 6) is 0. The van der Waals surface area contributed by atoms with Crippen molar-refractivity contribution in [2.75, 3.05) is 0 Å². The van der Waals surface area contributed by atoms with Gasteiger partial charge in [-0.15, -0.1) is 0 Å². The number of nitrogens with one attached hydrogen (secondary N) is 1. The Kier molecular flexibility index (Phi) is 2.94. The average molecular weight is 271 g/mol. The summed E-state index contributed by atoms with van der Waals surface area (Å²) in [7, 11) is 0. The number of aromatic nitrogens is 2. The summed E-state index contributed by atoms with van der Waals surface area (Å²) in [4.78, 5) is 3.24. The van der Waals surface area contributed by atoms with Crippen LogP contribution in [0.4, 0.5) is 0 Å². The van der Waals surface area contributed by atoms with Crippen LogP contribution in [-0.2, 0) is 6.54 Å². The Balaban J connectivity index is 2.09. The van der Waals surface area contributed by atoms with Crippen LogP contribution >= 0.6 is 12.2 Å². The van der Waals surface area contributed by atoms with Gasteiger partial charge in [-0.25, -0.2) is 0 Å². The second-order valence-electron chi connectivity index (χ2n) is 5.57. The Labute approximate surface area is 117 Å². The maximum Gasteiger partial charge on any atom is 0.178 e. The lowest BCUT2D eigenvalue weighted by atomic mass is 9.67. The van der Waals surface area contributed by atoms with Gasteiger partial charge in [-0.05, 0) is 55.1 Å². The molecule has 1 aliphatic carbocycles. The topological polar surface area (TPSA) is 44.5 Å². The van der Waals surface area contributed by atoms with Gasteiger partial charge < -0.3 is 9.55 Å². The van der Waals surface area contributed by atoms with Gasteiger partial charge in [0.1, 0.15) is 0 Å². The summed E-state index contributed by atoms with van der Waals surface area (Å²) in [5.41, 5.74) is 3.18. The largest absolute Gasteiger partial charge is 0.331 e. The van der Waals surface area contributed by atoms with Crippen molar-refractivity contribution in [1.29, 1.82) is 5.26 Å². The highest BCUT2D eigenvalue weighted by Crippen LogP contribution is 2.45. The molecule has 1 aliphatic rings. The highest BCUT2D eigenvalue weighted by atomic mass is 32.1. The van der Waals surface area contributed by atoms with Crippen LogP contribution in [0, 0.1) is 21.5 Å². The number of nitrogens with zero attached hydrogens (tertiary/aromatic N) is 2. The number of aromatic amines is 1. The number of hydrogen-bond donors (Lipinski definition) is 1. The second kappa shape index (κ2) is 4.50. The molecule has 1 heterocycles. The first-order chi connectivity index (χ1) is 9.17. The summed E-state index contributed by atoms with van der Waals surface area (Å²) in [5, 5.41) is 9.04. The minimum atomic E-state index is 0.413. The summed E-state index contributed by atoms with van der Waals surface area (Å²) >= 11 is 5.44. The van der Waals surface area contributed by atoms with Crippen LogP contribution in [0.2, 0.25) is 0 Å². The Morgan fingerprint density at radius 1 is 1.47 bits per heavy atom. The number of nitriles is 1. The van der Waals surface area contributed by atoms with E-state index in [4.69, 9.17) is 17.5 Å². The van der Waals surface area contributed by atoms with Crippen molar-refractivity contribution in [3.8, 4) is 6.07 Å². The van der Waals surface area contributed by atoms with Crippen molar-refractivity contribution in [1.82, 2.24) is 9.55 Å². The Bertz CT molecular complexity index is 708. The Morgan fingerprint density at radius 3 is 2.84 bits per heavy atom. The summed E-state index contributed by atoms with van der Waals surface area (Å²) in [6, 6.07) is 7.91. The highest BCUT2D eigenvalue weighted by molar-refractivity contribution is 7.71. The van der Waals surface area contributed by atoms with Gasteiger partial charge in [0.15, 0.2) is 4.77 Å².